The zero-order chi connectivity index (χ0) is 11.8. The van der Waals surface area contributed by atoms with Crippen LogP contribution in [0.5, 0.6) is 0 Å². The summed E-state index contributed by atoms with van der Waals surface area (Å²) in [4.78, 5) is 10.9. The molecule has 3 nitrogen and oxygen atoms in total. The average molecular weight is 231 g/mol. The first-order valence-electron chi connectivity index (χ1n) is 6.27. The number of hydrogen-bond acceptors (Lipinski definition) is 2. The molecule has 3 heteroatoms. The molecule has 17 heavy (non-hydrogen) atoms. The summed E-state index contributed by atoms with van der Waals surface area (Å²) in [7, 11) is 0. The number of epoxide rings is 1. The van der Waals surface area contributed by atoms with Crippen molar-refractivity contribution in [2.75, 3.05) is 0 Å². The van der Waals surface area contributed by atoms with E-state index in [4.69, 9.17) is 10.5 Å². The predicted molar refractivity (Wildman–Crippen MR) is 64.3 cm³/mol. The van der Waals surface area contributed by atoms with Crippen LogP contribution in [0.25, 0.3) is 0 Å². The van der Waals surface area contributed by atoms with Crippen molar-refractivity contribution >= 4 is 5.91 Å². The molecule has 2 atom stereocenters. The van der Waals surface area contributed by atoms with Crippen molar-refractivity contribution in [2.45, 2.75) is 37.9 Å². The number of primary amides is 1. The molecule has 2 aliphatic rings. The van der Waals surface area contributed by atoms with E-state index in [1.54, 1.807) is 0 Å². The predicted octanol–water partition coefficient (Wildman–Crippen LogP) is 1.95. The molecule has 2 unspecified atom stereocenters. The molecule has 1 saturated carbocycles. The molecule has 0 bridgehead atoms. The van der Waals surface area contributed by atoms with Gasteiger partial charge < -0.3 is 10.5 Å². The van der Waals surface area contributed by atoms with E-state index in [9.17, 15) is 4.79 Å². The van der Waals surface area contributed by atoms with Gasteiger partial charge in [0.25, 0.3) is 0 Å². The second-order valence-corrected chi connectivity index (χ2v) is 5.12. The van der Waals surface area contributed by atoms with Gasteiger partial charge in [0.15, 0.2) is 6.10 Å². The molecule has 1 heterocycles. The zero-order valence-electron chi connectivity index (χ0n) is 9.76. The maximum absolute atomic E-state index is 10.9. The van der Waals surface area contributed by atoms with Crippen molar-refractivity contribution in [3.63, 3.8) is 0 Å². The molecule has 0 spiro atoms. The maximum Gasteiger partial charge on any atom is 0.249 e. The van der Waals surface area contributed by atoms with Crippen molar-refractivity contribution < 1.29 is 9.53 Å². The topological polar surface area (TPSA) is 55.6 Å². The van der Waals surface area contributed by atoms with Crippen LogP contribution in [-0.4, -0.2) is 12.0 Å². The zero-order valence-corrected chi connectivity index (χ0v) is 9.76. The van der Waals surface area contributed by atoms with E-state index in [-0.39, 0.29) is 12.0 Å². The highest BCUT2D eigenvalue weighted by molar-refractivity contribution is 5.82. The molecule has 1 amide bonds. The largest absolute Gasteiger partial charge is 0.367 e. The Morgan fingerprint density at radius 1 is 1.29 bits per heavy atom. The van der Waals surface area contributed by atoms with Gasteiger partial charge in [-0.05, 0) is 23.5 Å². The molecule has 0 radical (unpaired) electrons. The minimum absolute atomic E-state index is 0.106. The Labute approximate surface area is 101 Å². The van der Waals surface area contributed by atoms with Crippen LogP contribution in [0.2, 0.25) is 0 Å². The van der Waals surface area contributed by atoms with Crippen LogP contribution in [0, 0.1) is 5.92 Å². The van der Waals surface area contributed by atoms with Crippen molar-refractivity contribution in [1.82, 2.24) is 0 Å². The number of benzene rings is 1. The van der Waals surface area contributed by atoms with Gasteiger partial charge in [-0.2, -0.15) is 0 Å². The molecule has 1 saturated heterocycles. The van der Waals surface area contributed by atoms with Crippen LogP contribution in [0.15, 0.2) is 24.3 Å². The first-order valence-corrected chi connectivity index (χ1v) is 6.27. The summed E-state index contributed by atoms with van der Waals surface area (Å²) in [5, 5.41) is 0. The normalized spacial score (nSPS) is 27.5. The summed E-state index contributed by atoms with van der Waals surface area (Å²) < 4.78 is 5.24. The summed E-state index contributed by atoms with van der Waals surface area (Å²) >= 11 is 0. The lowest BCUT2D eigenvalue weighted by molar-refractivity contribution is -0.119. The average Bonchev–Trinajstić information content (AvgIpc) is 3.04. The maximum atomic E-state index is 10.9. The van der Waals surface area contributed by atoms with E-state index in [1.807, 2.05) is 0 Å². The van der Waals surface area contributed by atoms with Gasteiger partial charge in [-0.3, -0.25) is 4.79 Å². The van der Waals surface area contributed by atoms with Gasteiger partial charge in [0.05, 0.1) is 0 Å². The molecule has 90 valence electrons. The first kappa shape index (κ1) is 10.8. The van der Waals surface area contributed by atoms with E-state index in [2.05, 4.69) is 24.3 Å². The highest BCUT2D eigenvalue weighted by atomic mass is 16.6. The van der Waals surface area contributed by atoms with Crippen LogP contribution >= 0.6 is 0 Å². The van der Waals surface area contributed by atoms with Crippen LogP contribution in [-0.2, 0) is 16.0 Å². The lowest BCUT2D eigenvalue weighted by Crippen LogP contribution is -2.18. The van der Waals surface area contributed by atoms with Crippen LogP contribution in [0.3, 0.4) is 0 Å². The Bertz CT molecular complexity index is 422. The number of carbonyl (C=O) groups excluding carboxylic acids is 1. The molecule has 3 rings (SSSR count). The van der Waals surface area contributed by atoms with Crippen molar-refractivity contribution in [3.05, 3.63) is 35.4 Å². The van der Waals surface area contributed by atoms with Crippen molar-refractivity contribution in [1.29, 1.82) is 0 Å². The Morgan fingerprint density at radius 3 is 2.47 bits per heavy atom. The van der Waals surface area contributed by atoms with Gasteiger partial charge in [0.1, 0.15) is 6.10 Å². The summed E-state index contributed by atoms with van der Waals surface area (Å²) in [5.41, 5.74) is 7.63. The molecule has 1 aromatic rings. The lowest BCUT2D eigenvalue weighted by atomic mass is 9.81. The fourth-order valence-corrected chi connectivity index (χ4v) is 2.46. The third kappa shape index (κ3) is 2.20. The first-order chi connectivity index (χ1) is 8.24. The van der Waals surface area contributed by atoms with E-state index in [1.165, 1.54) is 31.2 Å². The number of nitrogens with two attached hydrogens (primary N) is 1. The van der Waals surface area contributed by atoms with Gasteiger partial charge in [-0.15, -0.1) is 0 Å². The fourth-order valence-electron chi connectivity index (χ4n) is 2.46. The van der Waals surface area contributed by atoms with Crippen LogP contribution in [0.1, 0.15) is 36.5 Å². The summed E-state index contributed by atoms with van der Waals surface area (Å²) in [5.74, 6) is 0.518. The third-order valence-electron chi connectivity index (χ3n) is 3.83. The fraction of sp³-hybridized carbons (Fsp3) is 0.500. The Kier molecular flexibility index (Phi) is 2.63. The summed E-state index contributed by atoms with van der Waals surface area (Å²) in [6.45, 7) is 0. The van der Waals surface area contributed by atoms with E-state index in [0.29, 0.717) is 0 Å². The van der Waals surface area contributed by atoms with E-state index >= 15 is 0 Å². The van der Waals surface area contributed by atoms with E-state index < -0.39 is 6.10 Å². The molecule has 2 N–H and O–H groups in total. The summed E-state index contributed by atoms with van der Waals surface area (Å²) in [6, 6.07) is 8.41. The number of amides is 1. The van der Waals surface area contributed by atoms with Crippen LogP contribution < -0.4 is 5.73 Å². The minimum atomic E-state index is -0.410. The molecular formula is C14H17NO2. The second kappa shape index (κ2) is 4.15. The van der Waals surface area contributed by atoms with Gasteiger partial charge in [-0.25, -0.2) is 0 Å². The Hall–Kier alpha value is -1.35. The lowest BCUT2D eigenvalue weighted by Gasteiger charge is -2.25. The standard InChI is InChI=1S/C14H17NO2/c15-14(16)13-12(17-13)11-6-4-10(5-7-11)8-9-2-1-3-9/h4-7,9,12-13H,1-3,8H2,(H2,15,16). The molecule has 1 aliphatic carbocycles. The number of ether oxygens (including phenoxy) is 1. The van der Waals surface area contributed by atoms with E-state index in [0.717, 1.165) is 11.5 Å². The molecule has 0 aromatic heterocycles. The highest BCUT2D eigenvalue weighted by Gasteiger charge is 2.44. The van der Waals surface area contributed by atoms with Crippen molar-refractivity contribution in [3.8, 4) is 0 Å². The smallest absolute Gasteiger partial charge is 0.249 e. The second-order valence-electron chi connectivity index (χ2n) is 5.12. The number of carbonyl (C=O) groups is 1. The monoisotopic (exact) mass is 231 g/mol. The highest BCUT2D eigenvalue weighted by Crippen LogP contribution is 2.38. The Morgan fingerprint density at radius 2 is 2.00 bits per heavy atom. The quantitative estimate of drug-likeness (QED) is 0.805. The Balaban J connectivity index is 1.62. The summed E-state index contributed by atoms with van der Waals surface area (Å²) in [6.07, 6.45) is 4.80. The third-order valence-corrected chi connectivity index (χ3v) is 3.83. The van der Waals surface area contributed by atoms with Gasteiger partial charge in [0.2, 0.25) is 5.91 Å². The van der Waals surface area contributed by atoms with Crippen LogP contribution in [0.4, 0.5) is 0 Å². The van der Waals surface area contributed by atoms with Crippen molar-refractivity contribution in [2.24, 2.45) is 11.7 Å². The minimum Gasteiger partial charge on any atom is -0.367 e. The number of rotatable bonds is 4. The molecule has 2 fully saturated rings. The molecular weight excluding hydrogens is 214 g/mol. The van der Waals surface area contributed by atoms with Gasteiger partial charge in [0, 0.05) is 0 Å². The van der Waals surface area contributed by atoms with Gasteiger partial charge in [-0.1, -0.05) is 43.5 Å². The molecule has 1 aliphatic heterocycles. The molecule has 1 aromatic carbocycles. The van der Waals surface area contributed by atoms with Gasteiger partial charge >= 0.3 is 0 Å². The SMILES string of the molecule is NC(=O)C1OC1c1ccc(CC2CCC2)cc1. The number of hydrogen-bond donors (Lipinski definition) is 1.